The number of hydrogen-bond acceptors (Lipinski definition) is 6. The van der Waals surface area contributed by atoms with Crippen molar-refractivity contribution < 1.29 is 14.3 Å². The van der Waals surface area contributed by atoms with E-state index in [1.54, 1.807) is 0 Å². The van der Waals surface area contributed by atoms with Crippen LogP contribution >= 0.6 is 24.0 Å². The fourth-order valence-corrected chi connectivity index (χ4v) is 3.26. The first-order chi connectivity index (χ1) is 9.76. The molecular weight excluding hydrogens is 308 g/mol. The van der Waals surface area contributed by atoms with Crippen LogP contribution in [0, 0.1) is 0 Å². The van der Waals surface area contributed by atoms with Gasteiger partial charge in [-0.15, -0.1) is 0 Å². The number of thioether (sulfide) groups is 1. The summed E-state index contributed by atoms with van der Waals surface area (Å²) in [6.45, 7) is 7.83. The lowest BCUT2D eigenvalue weighted by atomic mass is 10.1. The smallest absolute Gasteiger partial charge is 0.331 e. The standard InChI is InChI=1S/C14H20N2O3S2/c1-7(2)15-13(20)11-12(18)9(6-10(17)19-5)21-14(11)16-8(3)4/h6-8,16H,1-5H3,(H,15,20)/b9-6+. The van der Waals surface area contributed by atoms with Gasteiger partial charge in [0.2, 0.25) is 5.78 Å². The number of carbonyl (C=O) groups excluding carboxylic acids is 2. The second kappa shape index (κ2) is 7.61. The zero-order valence-electron chi connectivity index (χ0n) is 12.8. The first-order valence-corrected chi connectivity index (χ1v) is 7.82. The number of rotatable bonds is 5. The molecule has 1 heterocycles. The van der Waals surface area contributed by atoms with E-state index in [1.807, 2.05) is 27.7 Å². The predicted molar refractivity (Wildman–Crippen MR) is 88.9 cm³/mol. The molecule has 0 aromatic heterocycles. The Hall–Kier alpha value is -1.34. The summed E-state index contributed by atoms with van der Waals surface area (Å²) < 4.78 is 4.57. The topological polar surface area (TPSA) is 67.4 Å². The third-order valence-corrected chi connectivity index (χ3v) is 3.78. The van der Waals surface area contributed by atoms with E-state index in [-0.39, 0.29) is 17.9 Å². The second-order valence-corrected chi connectivity index (χ2v) is 6.55. The van der Waals surface area contributed by atoms with Gasteiger partial charge in [0.05, 0.1) is 22.6 Å². The highest BCUT2D eigenvalue weighted by Crippen LogP contribution is 2.37. The zero-order chi connectivity index (χ0) is 16.2. The monoisotopic (exact) mass is 328 g/mol. The lowest BCUT2D eigenvalue weighted by molar-refractivity contribution is -0.135. The molecule has 0 aromatic carbocycles. The number of hydrogen-bond donors (Lipinski definition) is 2. The van der Waals surface area contributed by atoms with Crippen LogP contribution in [0.1, 0.15) is 27.7 Å². The first-order valence-electron chi connectivity index (χ1n) is 6.60. The third kappa shape index (κ3) is 4.86. The molecule has 0 unspecified atom stereocenters. The van der Waals surface area contributed by atoms with Gasteiger partial charge in [0.15, 0.2) is 0 Å². The number of nitrogens with one attached hydrogen (secondary N) is 2. The number of thiocarbonyl (C=S) groups is 1. The number of allylic oxidation sites excluding steroid dienone is 1. The van der Waals surface area contributed by atoms with Gasteiger partial charge >= 0.3 is 5.97 Å². The lowest BCUT2D eigenvalue weighted by Gasteiger charge is -2.14. The fraction of sp³-hybridized carbons (Fsp3) is 0.500. The minimum atomic E-state index is -0.557. The van der Waals surface area contributed by atoms with Crippen LogP contribution in [0.2, 0.25) is 0 Å². The molecule has 116 valence electrons. The molecule has 0 radical (unpaired) electrons. The highest BCUT2D eigenvalue weighted by Gasteiger charge is 2.33. The molecule has 1 aliphatic heterocycles. The Kier molecular flexibility index (Phi) is 6.42. The molecule has 0 aromatic rings. The molecule has 1 rings (SSSR count). The van der Waals surface area contributed by atoms with Crippen molar-refractivity contribution in [3.8, 4) is 0 Å². The predicted octanol–water partition coefficient (Wildman–Crippen LogP) is 1.89. The van der Waals surface area contributed by atoms with E-state index in [0.29, 0.717) is 20.5 Å². The summed E-state index contributed by atoms with van der Waals surface area (Å²) in [4.78, 5) is 24.5. The van der Waals surface area contributed by atoms with Gasteiger partial charge in [-0.05, 0) is 27.7 Å². The first kappa shape index (κ1) is 17.7. The molecule has 0 atom stereocenters. The van der Waals surface area contributed by atoms with E-state index in [9.17, 15) is 9.59 Å². The van der Waals surface area contributed by atoms with E-state index in [0.717, 1.165) is 0 Å². The molecule has 2 N–H and O–H groups in total. The van der Waals surface area contributed by atoms with E-state index < -0.39 is 5.97 Å². The summed E-state index contributed by atoms with van der Waals surface area (Å²) >= 11 is 6.51. The van der Waals surface area contributed by atoms with Crippen molar-refractivity contribution in [2.75, 3.05) is 7.11 Å². The average molecular weight is 328 g/mol. The summed E-state index contributed by atoms with van der Waals surface area (Å²) in [7, 11) is 1.27. The molecule has 0 saturated heterocycles. The van der Waals surface area contributed by atoms with E-state index in [4.69, 9.17) is 12.2 Å². The van der Waals surface area contributed by atoms with E-state index in [1.165, 1.54) is 24.9 Å². The van der Waals surface area contributed by atoms with Gasteiger partial charge in [-0.1, -0.05) is 24.0 Å². The zero-order valence-corrected chi connectivity index (χ0v) is 14.4. The quantitative estimate of drug-likeness (QED) is 0.454. The van der Waals surface area contributed by atoms with Crippen molar-refractivity contribution in [1.82, 2.24) is 10.6 Å². The second-order valence-electron chi connectivity index (χ2n) is 5.09. The number of ether oxygens (including phenoxy) is 1. The molecule has 0 aliphatic carbocycles. The van der Waals surface area contributed by atoms with Crippen molar-refractivity contribution in [2.45, 2.75) is 39.8 Å². The van der Waals surface area contributed by atoms with Gasteiger partial charge in [-0.2, -0.15) is 0 Å². The number of carbonyl (C=O) groups is 2. The molecule has 0 saturated carbocycles. The molecule has 0 amide bonds. The van der Waals surface area contributed by atoms with Gasteiger partial charge in [-0.25, -0.2) is 4.79 Å². The molecule has 21 heavy (non-hydrogen) atoms. The normalized spacial score (nSPS) is 16.9. The summed E-state index contributed by atoms with van der Waals surface area (Å²) in [6, 6.07) is 0.270. The highest BCUT2D eigenvalue weighted by atomic mass is 32.2. The van der Waals surface area contributed by atoms with Crippen LogP contribution in [0.3, 0.4) is 0 Å². The molecule has 0 bridgehead atoms. The lowest BCUT2D eigenvalue weighted by Crippen LogP contribution is -2.33. The van der Waals surface area contributed by atoms with E-state index in [2.05, 4.69) is 15.4 Å². The third-order valence-electron chi connectivity index (χ3n) is 2.41. The number of Topliss-reactive ketones (excluding diaryl/α,β-unsaturated/α-hetero) is 1. The van der Waals surface area contributed by atoms with Gasteiger partial charge in [-0.3, -0.25) is 4.79 Å². The minimum absolute atomic E-state index is 0.122. The maximum atomic E-state index is 12.4. The average Bonchev–Trinajstić information content (AvgIpc) is 2.63. The molecular formula is C14H20N2O3S2. The number of ketones is 1. The summed E-state index contributed by atoms with van der Waals surface area (Å²) in [5.74, 6) is -0.814. The van der Waals surface area contributed by atoms with Gasteiger partial charge < -0.3 is 15.4 Å². The van der Waals surface area contributed by atoms with Crippen molar-refractivity contribution >= 4 is 40.7 Å². The number of esters is 1. The molecule has 5 nitrogen and oxygen atoms in total. The van der Waals surface area contributed by atoms with Crippen LogP contribution in [-0.4, -0.2) is 35.9 Å². The summed E-state index contributed by atoms with van der Waals surface area (Å²) in [6.07, 6.45) is 1.19. The van der Waals surface area contributed by atoms with Crippen molar-refractivity contribution in [3.63, 3.8) is 0 Å². The Balaban J connectivity index is 3.11. The molecule has 7 heteroatoms. The maximum Gasteiger partial charge on any atom is 0.331 e. The van der Waals surface area contributed by atoms with Crippen LogP contribution in [-0.2, 0) is 14.3 Å². The van der Waals surface area contributed by atoms with Crippen LogP contribution in [0.25, 0.3) is 0 Å². The minimum Gasteiger partial charge on any atom is -0.466 e. The largest absolute Gasteiger partial charge is 0.466 e. The summed E-state index contributed by atoms with van der Waals surface area (Å²) in [5, 5.41) is 6.93. The van der Waals surface area contributed by atoms with Crippen molar-refractivity contribution in [3.05, 3.63) is 21.6 Å². The van der Waals surface area contributed by atoms with Gasteiger partial charge in [0, 0.05) is 18.2 Å². The Morgan fingerprint density at radius 2 is 1.90 bits per heavy atom. The van der Waals surface area contributed by atoms with Crippen molar-refractivity contribution in [2.24, 2.45) is 0 Å². The Labute approximate surface area is 134 Å². The van der Waals surface area contributed by atoms with Crippen LogP contribution in [0.15, 0.2) is 21.6 Å². The fourth-order valence-electron chi connectivity index (χ4n) is 1.60. The Bertz CT molecular complexity index is 522. The summed E-state index contributed by atoms with van der Waals surface area (Å²) in [5.41, 5.74) is 0.410. The van der Waals surface area contributed by atoms with Gasteiger partial charge in [0.25, 0.3) is 0 Å². The Morgan fingerprint density at radius 1 is 1.29 bits per heavy atom. The van der Waals surface area contributed by atoms with Crippen molar-refractivity contribution in [1.29, 1.82) is 0 Å². The number of methoxy groups -OCH3 is 1. The van der Waals surface area contributed by atoms with E-state index >= 15 is 0 Å². The molecule has 0 spiro atoms. The van der Waals surface area contributed by atoms with Crippen LogP contribution in [0.5, 0.6) is 0 Å². The highest BCUT2D eigenvalue weighted by molar-refractivity contribution is 8.08. The Morgan fingerprint density at radius 3 is 2.38 bits per heavy atom. The SMILES string of the molecule is COC(=O)/C=C1/SC(NC(C)C)=C(C(=S)NC(C)C)C1=O. The maximum absolute atomic E-state index is 12.4. The molecule has 0 fully saturated rings. The molecule has 1 aliphatic rings. The van der Waals surface area contributed by atoms with Crippen LogP contribution < -0.4 is 10.6 Å². The van der Waals surface area contributed by atoms with Crippen LogP contribution in [0.4, 0.5) is 0 Å². The van der Waals surface area contributed by atoms with Gasteiger partial charge in [0.1, 0.15) is 4.99 Å².